The number of benzene rings is 2. The molecule has 0 bridgehead atoms. The molecular weight excluding hydrogens is 391 g/mol. The molecule has 0 aliphatic heterocycles. The van der Waals surface area contributed by atoms with Crippen molar-refractivity contribution in [3.63, 3.8) is 0 Å². The van der Waals surface area contributed by atoms with Gasteiger partial charge in [-0.05, 0) is 43.3 Å². The Balaban J connectivity index is 0.000000244. The van der Waals surface area contributed by atoms with Gasteiger partial charge in [0.15, 0.2) is 0 Å². The van der Waals surface area contributed by atoms with Gasteiger partial charge in [0.2, 0.25) is 0 Å². The fourth-order valence-electron chi connectivity index (χ4n) is 2.25. The van der Waals surface area contributed by atoms with Crippen LogP contribution in [-0.2, 0) is 11.0 Å². The van der Waals surface area contributed by atoms with Crippen LogP contribution in [0.2, 0.25) is 0 Å². The van der Waals surface area contributed by atoms with Crippen molar-refractivity contribution >= 4 is 25.5 Å². The van der Waals surface area contributed by atoms with Gasteiger partial charge in [-0.15, -0.1) is 9.24 Å². The second-order valence-electron chi connectivity index (χ2n) is 5.46. The molecule has 3 aromatic rings. The lowest BCUT2D eigenvalue weighted by atomic mass is 10.3. The number of ether oxygens (including phenoxy) is 1. The van der Waals surface area contributed by atoms with Gasteiger partial charge in [0.05, 0.1) is 17.7 Å². The Kier molecular flexibility index (Phi) is 7.59. The minimum atomic E-state index is -2.60. The van der Waals surface area contributed by atoms with E-state index in [0.29, 0.717) is 16.3 Å². The Bertz CT molecular complexity index is 917. The molecular formula is C18H20F2N3O2PS. The van der Waals surface area contributed by atoms with E-state index in [1.807, 2.05) is 24.3 Å². The van der Waals surface area contributed by atoms with Crippen molar-refractivity contribution in [2.24, 2.45) is 5.14 Å². The van der Waals surface area contributed by atoms with E-state index in [-0.39, 0.29) is 5.69 Å². The number of hydrogen-bond acceptors (Lipinski definition) is 3. The van der Waals surface area contributed by atoms with Crippen molar-refractivity contribution in [2.75, 3.05) is 7.11 Å². The number of hydrogen-bond donors (Lipinski definition) is 1. The average Bonchev–Trinajstić information content (AvgIpc) is 3.05. The molecule has 3 rings (SSSR count). The number of nitrogens with zero attached hydrogens (tertiary/aromatic N) is 2. The highest BCUT2D eigenvalue weighted by atomic mass is 32.2. The van der Waals surface area contributed by atoms with Crippen LogP contribution in [0.5, 0.6) is 5.75 Å². The maximum absolute atomic E-state index is 12.5. The van der Waals surface area contributed by atoms with Crippen LogP contribution in [0.25, 0.3) is 5.69 Å². The van der Waals surface area contributed by atoms with Crippen LogP contribution >= 0.6 is 9.24 Å². The molecule has 1 heterocycles. The smallest absolute Gasteiger partial charge is 0.282 e. The third-order valence-electron chi connectivity index (χ3n) is 3.58. The molecule has 5 nitrogen and oxygen atoms in total. The van der Waals surface area contributed by atoms with Crippen LogP contribution in [-0.4, -0.2) is 21.1 Å². The summed E-state index contributed by atoms with van der Waals surface area (Å²) >= 11 is 0. The van der Waals surface area contributed by atoms with E-state index >= 15 is 0 Å². The summed E-state index contributed by atoms with van der Waals surface area (Å²) in [5, 5.41) is 10.1. The van der Waals surface area contributed by atoms with E-state index in [1.54, 1.807) is 38.3 Å². The number of methoxy groups -OCH3 is 1. The fraction of sp³-hybridized carbons (Fsp3) is 0.167. The molecule has 0 radical (unpaired) electrons. The Morgan fingerprint density at radius 3 is 2.26 bits per heavy atom. The SMILES string of the molecule is COc1ccccc1P.Cc1cc(C(F)F)nn1-c1ccc(S(N)=O)cc1. The first-order valence-electron chi connectivity index (χ1n) is 7.83. The third kappa shape index (κ3) is 5.66. The van der Waals surface area contributed by atoms with E-state index in [4.69, 9.17) is 9.88 Å². The molecule has 2 atom stereocenters. The summed E-state index contributed by atoms with van der Waals surface area (Å²) in [6.45, 7) is 1.69. The van der Waals surface area contributed by atoms with E-state index < -0.39 is 17.4 Å². The molecule has 0 saturated carbocycles. The molecule has 0 aliphatic rings. The Hall–Kier alpha value is -2.15. The van der Waals surface area contributed by atoms with Crippen LogP contribution in [0.3, 0.4) is 0 Å². The molecule has 0 aliphatic carbocycles. The van der Waals surface area contributed by atoms with Gasteiger partial charge in [-0.3, -0.25) is 0 Å². The predicted molar refractivity (Wildman–Crippen MR) is 106 cm³/mol. The molecule has 1 aromatic heterocycles. The minimum absolute atomic E-state index is 0.265. The summed E-state index contributed by atoms with van der Waals surface area (Å²) < 4.78 is 42.5. The van der Waals surface area contributed by atoms with Gasteiger partial charge in [0, 0.05) is 11.0 Å². The lowest BCUT2D eigenvalue weighted by Gasteiger charge is -2.04. The van der Waals surface area contributed by atoms with Crippen LogP contribution in [0.4, 0.5) is 8.78 Å². The summed E-state index contributed by atoms with van der Waals surface area (Å²) in [6.07, 6.45) is -2.60. The second-order valence-corrected chi connectivity index (χ2v) is 7.14. The number of para-hydroxylation sites is 1. The molecule has 0 amide bonds. The van der Waals surface area contributed by atoms with Gasteiger partial charge in [0.25, 0.3) is 6.43 Å². The quantitative estimate of drug-likeness (QED) is 0.670. The summed E-state index contributed by atoms with van der Waals surface area (Å²) in [5.74, 6) is 0.919. The number of nitrogens with two attached hydrogens (primary N) is 1. The average molecular weight is 411 g/mol. The number of alkyl halides is 2. The highest BCUT2D eigenvalue weighted by molar-refractivity contribution is 7.82. The van der Waals surface area contributed by atoms with Crippen LogP contribution in [0, 0.1) is 6.92 Å². The molecule has 2 N–H and O–H groups in total. The molecule has 2 aromatic carbocycles. The summed E-state index contributed by atoms with van der Waals surface area (Å²) in [7, 11) is 2.73. The Morgan fingerprint density at radius 2 is 1.81 bits per heavy atom. The van der Waals surface area contributed by atoms with Crippen molar-refractivity contribution in [2.45, 2.75) is 18.2 Å². The normalized spacial score (nSPS) is 11.7. The van der Waals surface area contributed by atoms with Gasteiger partial charge < -0.3 is 4.74 Å². The second kappa shape index (κ2) is 9.69. The zero-order valence-electron chi connectivity index (χ0n) is 14.8. The van der Waals surface area contributed by atoms with Crippen molar-refractivity contribution < 1.29 is 17.7 Å². The lowest BCUT2D eigenvalue weighted by Crippen LogP contribution is -2.04. The first-order valence-corrected chi connectivity index (χ1v) is 9.62. The summed E-state index contributed by atoms with van der Waals surface area (Å²) in [6, 6.07) is 15.6. The number of halogens is 2. The predicted octanol–water partition coefficient (Wildman–Crippen LogP) is 3.30. The number of aryl methyl sites for hydroxylation is 1. The molecule has 144 valence electrons. The highest BCUT2D eigenvalue weighted by Crippen LogP contribution is 2.20. The fourth-order valence-corrected chi connectivity index (χ4v) is 2.98. The van der Waals surface area contributed by atoms with Crippen LogP contribution in [0.15, 0.2) is 59.5 Å². The van der Waals surface area contributed by atoms with Crippen molar-refractivity contribution in [1.29, 1.82) is 0 Å². The standard InChI is InChI=1S/C11H11F2N3OS.C7H9OP/c1-7-6-10(11(12)13)15-16(7)8-2-4-9(5-3-8)18(14)17;1-8-6-4-2-3-5-7(6)9/h2-6,11H,14H2,1H3;2-5H,9H2,1H3. The molecule has 0 fully saturated rings. The van der Waals surface area contributed by atoms with E-state index in [2.05, 4.69) is 14.3 Å². The zero-order chi connectivity index (χ0) is 20.0. The Morgan fingerprint density at radius 1 is 1.19 bits per heavy atom. The Labute approximate surface area is 161 Å². The van der Waals surface area contributed by atoms with E-state index in [1.165, 1.54) is 10.7 Å². The van der Waals surface area contributed by atoms with Crippen LogP contribution in [0.1, 0.15) is 17.8 Å². The van der Waals surface area contributed by atoms with Gasteiger partial charge in [-0.2, -0.15) is 5.10 Å². The molecule has 2 unspecified atom stereocenters. The molecule has 0 saturated heterocycles. The molecule has 0 spiro atoms. The van der Waals surface area contributed by atoms with Gasteiger partial charge in [-0.1, -0.05) is 18.2 Å². The lowest BCUT2D eigenvalue weighted by molar-refractivity contribution is 0.145. The molecule has 9 heteroatoms. The summed E-state index contributed by atoms with van der Waals surface area (Å²) in [5.41, 5.74) is 0.958. The number of aromatic nitrogens is 2. The van der Waals surface area contributed by atoms with Crippen molar-refractivity contribution in [1.82, 2.24) is 9.78 Å². The zero-order valence-corrected chi connectivity index (χ0v) is 16.8. The number of rotatable bonds is 4. The molecule has 27 heavy (non-hydrogen) atoms. The largest absolute Gasteiger partial charge is 0.496 e. The van der Waals surface area contributed by atoms with E-state index in [9.17, 15) is 13.0 Å². The van der Waals surface area contributed by atoms with Crippen LogP contribution < -0.4 is 15.2 Å². The third-order valence-corrected chi connectivity index (χ3v) is 4.80. The monoisotopic (exact) mass is 411 g/mol. The minimum Gasteiger partial charge on any atom is -0.496 e. The summed E-state index contributed by atoms with van der Waals surface area (Å²) in [4.78, 5) is 0.470. The maximum Gasteiger partial charge on any atom is 0.282 e. The van der Waals surface area contributed by atoms with Gasteiger partial charge in [0.1, 0.15) is 22.4 Å². The van der Waals surface area contributed by atoms with E-state index in [0.717, 1.165) is 11.1 Å². The maximum atomic E-state index is 12.5. The van der Waals surface area contributed by atoms with Crippen molar-refractivity contribution in [3.8, 4) is 11.4 Å². The van der Waals surface area contributed by atoms with Crippen molar-refractivity contribution in [3.05, 3.63) is 66.0 Å². The first kappa shape index (κ1) is 21.2. The first-order chi connectivity index (χ1) is 12.8. The van der Waals surface area contributed by atoms with Gasteiger partial charge in [-0.25, -0.2) is 22.8 Å². The van der Waals surface area contributed by atoms with Gasteiger partial charge >= 0.3 is 0 Å². The highest BCUT2D eigenvalue weighted by Gasteiger charge is 2.14. The topological polar surface area (TPSA) is 70.1 Å².